The smallest absolute Gasteiger partial charge is 0.251 e. The fraction of sp³-hybridized carbons (Fsp3) is 0.391. The van der Waals surface area contributed by atoms with E-state index in [-0.39, 0.29) is 17.7 Å². The highest BCUT2D eigenvalue weighted by atomic mass is 16.5. The lowest BCUT2D eigenvalue weighted by molar-refractivity contribution is -0.123. The Morgan fingerprint density at radius 2 is 1.69 bits per heavy atom. The normalized spacial score (nSPS) is 11.7. The molecule has 156 valence electrons. The maximum absolute atomic E-state index is 12.7. The molecule has 0 aromatic heterocycles. The van der Waals surface area contributed by atoms with Crippen molar-refractivity contribution in [2.24, 2.45) is 5.92 Å². The summed E-state index contributed by atoms with van der Waals surface area (Å²) in [4.78, 5) is 25.2. The summed E-state index contributed by atoms with van der Waals surface area (Å²) in [6.45, 7) is 6.29. The van der Waals surface area contributed by atoms with Gasteiger partial charge in [0.05, 0.1) is 14.2 Å². The van der Waals surface area contributed by atoms with Crippen molar-refractivity contribution in [2.45, 2.75) is 33.2 Å². The third-order valence-corrected chi connectivity index (χ3v) is 4.72. The summed E-state index contributed by atoms with van der Waals surface area (Å²) in [5, 5.41) is 5.76. The van der Waals surface area contributed by atoms with E-state index in [4.69, 9.17) is 9.47 Å². The van der Waals surface area contributed by atoms with Crippen LogP contribution in [-0.4, -0.2) is 38.6 Å². The molecule has 1 atom stereocenters. The van der Waals surface area contributed by atoms with Crippen LogP contribution in [0.3, 0.4) is 0 Å². The topological polar surface area (TPSA) is 76.7 Å². The van der Waals surface area contributed by atoms with Gasteiger partial charge >= 0.3 is 0 Å². The lowest BCUT2D eigenvalue weighted by Gasteiger charge is -2.22. The zero-order chi connectivity index (χ0) is 21.4. The molecule has 6 nitrogen and oxygen atoms in total. The molecule has 0 saturated carbocycles. The van der Waals surface area contributed by atoms with Gasteiger partial charge in [-0.25, -0.2) is 0 Å². The number of hydrogen-bond acceptors (Lipinski definition) is 4. The SMILES string of the molecule is COc1ccc(C(=O)N[C@H](C(=O)NCCc2cc(C)ccc2OC)C(C)C)cc1. The van der Waals surface area contributed by atoms with Gasteiger partial charge in [0.1, 0.15) is 17.5 Å². The molecule has 0 unspecified atom stereocenters. The molecule has 29 heavy (non-hydrogen) atoms. The van der Waals surface area contributed by atoms with Crippen molar-refractivity contribution in [1.82, 2.24) is 10.6 Å². The Balaban J connectivity index is 1.96. The summed E-state index contributed by atoms with van der Waals surface area (Å²) in [7, 11) is 3.21. The van der Waals surface area contributed by atoms with E-state index in [1.54, 1.807) is 38.5 Å². The van der Waals surface area contributed by atoms with Gasteiger partial charge in [0.2, 0.25) is 5.91 Å². The Bertz CT molecular complexity index is 831. The molecule has 0 aliphatic carbocycles. The number of carbonyl (C=O) groups excluding carboxylic acids is 2. The molecule has 6 heteroatoms. The first-order valence-corrected chi connectivity index (χ1v) is 9.71. The van der Waals surface area contributed by atoms with Gasteiger partial charge in [-0.15, -0.1) is 0 Å². The molecular weight excluding hydrogens is 368 g/mol. The van der Waals surface area contributed by atoms with E-state index >= 15 is 0 Å². The van der Waals surface area contributed by atoms with Gasteiger partial charge in [0, 0.05) is 12.1 Å². The number of nitrogens with one attached hydrogen (secondary N) is 2. The molecule has 2 aromatic carbocycles. The minimum atomic E-state index is -0.621. The standard InChI is InChI=1S/C23H30N2O4/c1-15(2)21(25-22(26)17-7-9-19(28-4)10-8-17)23(27)24-13-12-18-14-16(3)6-11-20(18)29-5/h6-11,14-15,21H,12-13H2,1-5H3,(H,24,27)(H,25,26)/t21-/m0/s1. The van der Waals surface area contributed by atoms with Crippen LogP contribution in [0.4, 0.5) is 0 Å². The number of hydrogen-bond donors (Lipinski definition) is 2. The van der Waals surface area contributed by atoms with Crippen molar-refractivity contribution in [3.8, 4) is 11.5 Å². The minimum absolute atomic E-state index is 0.0503. The number of benzene rings is 2. The molecule has 0 bridgehead atoms. The fourth-order valence-electron chi connectivity index (χ4n) is 3.03. The minimum Gasteiger partial charge on any atom is -0.497 e. The summed E-state index contributed by atoms with van der Waals surface area (Å²) in [5.74, 6) is 0.936. The first-order valence-electron chi connectivity index (χ1n) is 9.71. The molecule has 0 saturated heterocycles. The van der Waals surface area contributed by atoms with Gasteiger partial charge in [0.25, 0.3) is 5.91 Å². The van der Waals surface area contributed by atoms with Crippen molar-refractivity contribution in [1.29, 1.82) is 0 Å². The van der Waals surface area contributed by atoms with Gasteiger partial charge in [-0.1, -0.05) is 31.5 Å². The van der Waals surface area contributed by atoms with E-state index in [1.807, 2.05) is 32.9 Å². The number of amides is 2. The number of carbonyl (C=O) groups is 2. The first kappa shape index (κ1) is 22.3. The van der Waals surface area contributed by atoms with Crippen molar-refractivity contribution in [3.63, 3.8) is 0 Å². The summed E-state index contributed by atoms with van der Waals surface area (Å²) in [6.07, 6.45) is 0.647. The van der Waals surface area contributed by atoms with Crippen LogP contribution in [0.25, 0.3) is 0 Å². The van der Waals surface area contributed by atoms with E-state index in [0.29, 0.717) is 24.3 Å². The quantitative estimate of drug-likeness (QED) is 0.680. The van der Waals surface area contributed by atoms with Crippen LogP contribution in [0.1, 0.15) is 35.3 Å². The van der Waals surface area contributed by atoms with Gasteiger partial charge in [-0.2, -0.15) is 0 Å². The van der Waals surface area contributed by atoms with Gasteiger partial charge in [-0.3, -0.25) is 9.59 Å². The van der Waals surface area contributed by atoms with Crippen LogP contribution >= 0.6 is 0 Å². The predicted molar refractivity (Wildman–Crippen MR) is 114 cm³/mol. The molecule has 0 heterocycles. The van der Waals surface area contributed by atoms with Crippen LogP contribution in [0.5, 0.6) is 11.5 Å². The maximum Gasteiger partial charge on any atom is 0.251 e. The second-order valence-electron chi connectivity index (χ2n) is 7.28. The third-order valence-electron chi connectivity index (χ3n) is 4.72. The van der Waals surface area contributed by atoms with Crippen molar-refractivity contribution in [2.75, 3.05) is 20.8 Å². The largest absolute Gasteiger partial charge is 0.497 e. The van der Waals surface area contributed by atoms with Crippen LogP contribution in [-0.2, 0) is 11.2 Å². The van der Waals surface area contributed by atoms with Crippen LogP contribution in [0, 0.1) is 12.8 Å². The number of ether oxygens (including phenoxy) is 2. The predicted octanol–water partition coefficient (Wildman–Crippen LogP) is 3.13. The first-order chi connectivity index (χ1) is 13.8. The van der Waals surface area contributed by atoms with Crippen LogP contribution in [0.15, 0.2) is 42.5 Å². The van der Waals surface area contributed by atoms with Crippen LogP contribution < -0.4 is 20.1 Å². The van der Waals surface area contributed by atoms with E-state index in [0.717, 1.165) is 16.9 Å². The van der Waals surface area contributed by atoms with Gasteiger partial charge in [-0.05, 0) is 55.2 Å². The molecule has 2 rings (SSSR count). The van der Waals surface area contributed by atoms with Gasteiger partial charge in [0.15, 0.2) is 0 Å². The lowest BCUT2D eigenvalue weighted by Crippen LogP contribution is -2.50. The molecule has 2 amide bonds. The molecule has 0 fully saturated rings. The van der Waals surface area contributed by atoms with Crippen molar-refractivity contribution < 1.29 is 19.1 Å². The zero-order valence-corrected chi connectivity index (χ0v) is 17.7. The maximum atomic E-state index is 12.7. The highest BCUT2D eigenvalue weighted by molar-refractivity contribution is 5.97. The second-order valence-corrected chi connectivity index (χ2v) is 7.28. The molecule has 0 spiro atoms. The van der Waals surface area contributed by atoms with Crippen molar-refractivity contribution in [3.05, 3.63) is 59.2 Å². The molecule has 2 N–H and O–H groups in total. The zero-order valence-electron chi connectivity index (χ0n) is 17.7. The third kappa shape index (κ3) is 6.24. The van der Waals surface area contributed by atoms with Crippen molar-refractivity contribution >= 4 is 11.8 Å². The average molecular weight is 399 g/mol. The Morgan fingerprint density at radius 3 is 2.28 bits per heavy atom. The highest BCUT2D eigenvalue weighted by Gasteiger charge is 2.24. The van der Waals surface area contributed by atoms with E-state index in [2.05, 4.69) is 16.7 Å². The average Bonchev–Trinajstić information content (AvgIpc) is 2.71. The summed E-state index contributed by atoms with van der Waals surface area (Å²) in [6, 6.07) is 12.1. The summed E-state index contributed by atoms with van der Waals surface area (Å²) in [5.41, 5.74) is 2.66. The summed E-state index contributed by atoms with van der Waals surface area (Å²) < 4.78 is 10.5. The van der Waals surface area contributed by atoms with E-state index < -0.39 is 6.04 Å². The van der Waals surface area contributed by atoms with E-state index in [9.17, 15) is 9.59 Å². The Labute approximate surface area is 172 Å². The fourth-order valence-corrected chi connectivity index (χ4v) is 3.03. The Morgan fingerprint density at radius 1 is 1.00 bits per heavy atom. The summed E-state index contributed by atoms with van der Waals surface area (Å²) >= 11 is 0. The molecule has 2 aromatic rings. The second kappa shape index (κ2) is 10.5. The number of methoxy groups -OCH3 is 2. The Kier molecular flexibility index (Phi) is 8.07. The highest BCUT2D eigenvalue weighted by Crippen LogP contribution is 2.20. The Hall–Kier alpha value is -3.02. The number of rotatable bonds is 9. The molecular formula is C23H30N2O4. The van der Waals surface area contributed by atoms with Crippen LogP contribution in [0.2, 0.25) is 0 Å². The van der Waals surface area contributed by atoms with E-state index in [1.165, 1.54) is 0 Å². The molecule has 0 radical (unpaired) electrons. The number of aryl methyl sites for hydroxylation is 1. The lowest BCUT2D eigenvalue weighted by atomic mass is 10.0. The molecule has 0 aliphatic heterocycles. The van der Waals surface area contributed by atoms with Gasteiger partial charge < -0.3 is 20.1 Å². The molecule has 0 aliphatic rings. The monoisotopic (exact) mass is 398 g/mol.